The van der Waals surface area contributed by atoms with Gasteiger partial charge in [0.1, 0.15) is 5.75 Å². The number of benzene rings is 2. The van der Waals surface area contributed by atoms with Crippen molar-refractivity contribution in [1.82, 2.24) is 0 Å². The van der Waals surface area contributed by atoms with Gasteiger partial charge in [-0.25, -0.2) is 4.99 Å². The van der Waals surface area contributed by atoms with Crippen LogP contribution in [0.3, 0.4) is 0 Å². The zero-order valence-electron chi connectivity index (χ0n) is 13.6. The molecule has 0 heterocycles. The first-order valence-corrected chi connectivity index (χ1v) is 7.86. The molecule has 0 unspecified atom stereocenters. The van der Waals surface area contributed by atoms with Gasteiger partial charge in [-0.1, -0.05) is 43.6 Å². The van der Waals surface area contributed by atoms with Crippen LogP contribution in [-0.4, -0.2) is 13.1 Å². The van der Waals surface area contributed by atoms with E-state index in [1.165, 1.54) is 5.56 Å². The van der Waals surface area contributed by atoms with Crippen molar-refractivity contribution in [2.75, 3.05) is 12.4 Å². The van der Waals surface area contributed by atoms with Gasteiger partial charge in [0.15, 0.2) is 5.96 Å². The third kappa shape index (κ3) is 4.89. The van der Waals surface area contributed by atoms with E-state index in [1.807, 2.05) is 30.3 Å². The smallest absolute Gasteiger partial charge is 0.193 e. The van der Waals surface area contributed by atoms with Gasteiger partial charge in [0.2, 0.25) is 0 Å². The fourth-order valence-corrected chi connectivity index (χ4v) is 2.43. The molecule has 0 aliphatic carbocycles. The van der Waals surface area contributed by atoms with E-state index in [9.17, 15) is 0 Å². The molecule has 23 heavy (non-hydrogen) atoms. The Morgan fingerprint density at radius 3 is 2.70 bits per heavy atom. The van der Waals surface area contributed by atoms with E-state index in [-0.39, 0.29) is 0 Å². The van der Waals surface area contributed by atoms with Crippen molar-refractivity contribution < 1.29 is 4.74 Å². The van der Waals surface area contributed by atoms with E-state index in [0.717, 1.165) is 11.3 Å². The van der Waals surface area contributed by atoms with Gasteiger partial charge in [-0.2, -0.15) is 0 Å². The molecule has 0 radical (unpaired) electrons. The summed E-state index contributed by atoms with van der Waals surface area (Å²) in [5, 5.41) is 3.68. The van der Waals surface area contributed by atoms with Gasteiger partial charge >= 0.3 is 0 Å². The highest BCUT2D eigenvalue weighted by molar-refractivity contribution is 6.32. The maximum absolute atomic E-state index is 6.10. The Morgan fingerprint density at radius 1 is 1.26 bits per heavy atom. The third-order valence-electron chi connectivity index (χ3n) is 3.47. The Kier molecular flexibility index (Phi) is 5.88. The van der Waals surface area contributed by atoms with E-state index in [4.69, 9.17) is 22.1 Å². The fraction of sp³-hybridized carbons (Fsp3) is 0.278. The Balaban J connectivity index is 2.03. The lowest BCUT2D eigenvalue weighted by atomic mass is 10.0. The molecule has 0 atom stereocenters. The van der Waals surface area contributed by atoms with Crippen LogP contribution < -0.4 is 15.8 Å². The second-order valence-electron chi connectivity index (χ2n) is 5.58. The van der Waals surface area contributed by atoms with Gasteiger partial charge in [0.25, 0.3) is 0 Å². The SMILES string of the molecule is COc1ccc(CN=C(N)Nc2cccc(C(C)C)c2)cc1Cl. The fourth-order valence-electron chi connectivity index (χ4n) is 2.15. The van der Waals surface area contributed by atoms with Gasteiger partial charge in [-0.15, -0.1) is 0 Å². The summed E-state index contributed by atoms with van der Waals surface area (Å²) in [5.41, 5.74) is 9.11. The molecule has 0 saturated carbocycles. The molecule has 0 aromatic heterocycles. The summed E-state index contributed by atoms with van der Waals surface area (Å²) in [5.74, 6) is 1.49. The number of aliphatic imine (C=N–C) groups is 1. The summed E-state index contributed by atoms with van der Waals surface area (Å²) < 4.78 is 5.13. The number of hydrogen-bond donors (Lipinski definition) is 2. The van der Waals surface area contributed by atoms with Gasteiger partial charge in [0.05, 0.1) is 18.7 Å². The van der Waals surface area contributed by atoms with E-state index < -0.39 is 0 Å². The van der Waals surface area contributed by atoms with Gasteiger partial charge in [0, 0.05) is 5.69 Å². The topological polar surface area (TPSA) is 59.6 Å². The third-order valence-corrected chi connectivity index (χ3v) is 3.77. The van der Waals surface area contributed by atoms with Crippen LogP contribution in [-0.2, 0) is 6.54 Å². The van der Waals surface area contributed by atoms with E-state index in [2.05, 4.69) is 36.3 Å². The van der Waals surface area contributed by atoms with Crippen molar-refractivity contribution in [3.63, 3.8) is 0 Å². The summed E-state index contributed by atoms with van der Waals surface area (Å²) in [6.07, 6.45) is 0. The van der Waals surface area contributed by atoms with E-state index >= 15 is 0 Å². The molecule has 0 amide bonds. The van der Waals surface area contributed by atoms with Crippen molar-refractivity contribution in [3.05, 3.63) is 58.6 Å². The maximum atomic E-state index is 6.10. The summed E-state index contributed by atoms with van der Waals surface area (Å²) in [6, 6.07) is 13.7. The number of nitrogens with one attached hydrogen (secondary N) is 1. The zero-order chi connectivity index (χ0) is 16.8. The molecule has 2 rings (SSSR count). The minimum atomic E-state index is 0.373. The molecule has 5 heteroatoms. The van der Waals surface area contributed by atoms with Crippen molar-refractivity contribution in [2.24, 2.45) is 10.7 Å². The van der Waals surface area contributed by atoms with Crippen LogP contribution in [0.2, 0.25) is 5.02 Å². The highest BCUT2D eigenvalue weighted by atomic mass is 35.5. The summed E-state index contributed by atoms with van der Waals surface area (Å²) in [7, 11) is 1.59. The maximum Gasteiger partial charge on any atom is 0.193 e. The van der Waals surface area contributed by atoms with Crippen LogP contribution in [0.25, 0.3) is 0 Å². The number of guanidine groups is 1. The van der Waals surface area contributed by atoms with E-state index in [1.54, 1.807) is 7.11 Å². The van der Waals surface area contributed by atoms with Crippen LogP contribution >= 0.6 is 11.6 Å². The van der Waals surface area contributed by atoms with Crippen molar-refractivity contribution in [3.8, 4) is 5.75 Å². The van der Waals surface area contributed by atoms with Crippen molar-refractivity contribution in [2.45, 2.75) is 26.3 Å². The molecular weight excluding hydrogens is 310 g/mol. The average molecular weight is 332 g/mol. The van der Waals surface area contributed by atoms with Crippen molar-refractivity contribution >= 4 is 23.2 Å². The number of halogens is 1. The number of nitrogens with zero attached hydrogens (tertiary/aromatic N) is 1. The zero-order valence-corrected chi connectivity index (χ0v) is 14.4. The largest absolute Gasteiger partial charge is 0.495 e. The minimum absolute atomic E-state index is 0.373. The van der Waals surface area contributed by atoms with Crippen LogP contribution in [0.15, 0.2) is 47.5 Å². The van der Waals surface area contributed by atoms with Gasteiger partial charge < -0.3 is 15.8 Å². The molecule has 3 N–H and O–H groups in total. The minimum Gasteiger partial charge on any atom is -0.495 e. The number of ether oxygens (including phenoxy) is 1. The molecular formula is C18H22ClN3O. The molecule has 4 nitrogen and oxygen atoms in total. The molecule has 0 bridgehead atoms. The summed E-state index contributed by atoms with van der Waals surface area (Å²) in [6.45, 7) is 4.76. The Morgan fingerprint density at radius 2 is 2.04 bits per heavy atom. The van der Waals surface area contributed by atoms with Crippen LogP contribution in [0.4, 0.5) is 5.69 Å². The lowest BCUT2D eigenvalue weighted by Gasteiger charge is -2.10. The first kappa shape index (κ1) is 17.2. The molecule has 0 spiro atoms. The first-order chi connectivity index (χ1) is 11.0. The van der Waals surface area contributed by atoms with Crippen molar-refractivity contribution in [1.29, 1.82) is 0 Å². The Bertz CT molecular complexity index is 698. The highest BCUT2D eigenvalue weighted by Crippen LogP contribution is 2.25. The summed E-state index contributed by atoms with van der Waals surface area (Å²) >= 11 is 6.10. The second-order valence-corrected chi connectivity index (χ2v) is 5.98. The van der Waals surface area contributed by atoms with Gasteiger partial charge in [-0.3, -0.25) is 0 Å². The number of rotatable bonds is 5. The van der Waals surface area contributed by atoms with Gasteiger partial charge in [-0.05, 0) is 41.3 Å². The monoisotopic (exact) mass is 331 g/mol. The molecule has 2 aromatic rings. The normalized spacial score (nSPS) is 11.6. The average Bonchev–Trinajstić information content (AvgIpc) is 2.53. The molecule has 0 aliphatic heterocycles. The van der Waals surface area contributed by atoms with Crippen LogP contribution in [0, 0.1) is 0 Å². The molecule has 0 aliphatic rings. The molecule has 122 valence electrons. The molecule has 2 aromatic carbocycles. The number of anilines is 1. The Labute approximate surface area is 142 Å². The number of nitrogens with two attached hydrogens (primary N) is 1. The second kappa shape index (κ2) is 7.88. The first-order valence-electron chi connectivity index (χ1n) is 7.49. The molecule has 0 fully saturated rings. The number of hydrogen-bond acceptors (Lipinski definition) is 2. The Hall–Kier alpha value is -2.20. The highest BCUT2D eigenvalue weighted by Gasteiger charge is 2.03. The standard InChI is InChI=1S/C18H22ClN3O/c1-12(2)14-5-4-6-15(10-14)22-18(20)21-11-13-7-8-17(23-3)16(19)9-13/h4-10,12H,11H2,1-3H3,(H3,20,21,22). The number of methoxy groups -OCH3 is 1. The predicted molar refractivity (Wildman–Crippen MR) is 97.5 cm³/mol. The lowest BCUT2D eigenvalue weighted by molar-refractivity contribution is 0.415. The quantitative estimate of drug-likeness (QED) is 0.630. The van der Waals surface area contributed by atoms with E-state index in [0.29, 0.717) is 29.2 Å². The van der Waals surface area contributed by atoms with Crippen LogP contribution in [0.5, 0.6) is 5.75 Å². The summed E-state index contributed by atoms with van der Waals surface area (Å²) in [4.78, 5) is 4.34. The lowest BCUT2D eigenvalue weighted by Crippen LogP contribution is -2.22. The van der Waals surface area contributed by atoms with Crippen LogP contribution in [0.1, 0.15) is 30.9 Å². The predicted octanol–water partition coefficient (Wildman–Crippen LogP) is 4.40. The molecule has 0 saturated heterocycles.